The molecule has 0 saturated carbocycles. The number of aryl methyl sites for hydroxylation is 1. The molecular weight excluding hydrogens is 226 g/mol. The number of aromatic nitrogens is 1. The van der Waals surface area contributed by atoms with Crippen molar-refractivity contribution in [2.24, 2.45) is 0 Å². The fourth-order valence-electron chi connectivity index (χ4n) is 0.741. The highest BCUT2D eigenvalue weighted by Crippen LogP contribution is 2.20. The summed E-state index contributed by atoms with van der Waals surface area (Å²) in [6, 6.07) is 0. The molecule has 0 N–H and O–H groups in total. The Labute approximate surface area is 78.7 Å². The molecule has 0 saturated heterocycles. The van der Waals surface area contributed by atoms with E-state index >= 15 is 0 Å². The Balaban J connectivity index is 2.44. The van der Waals surface area contributed by atoms with Gasteiger partial charge in [-0.25, -0.2) is 4.98 Å². The zero-order chi connectivity index (χ0) is 8.10. The lowest BCUT2D eigenvalue weighted by molar-refractivity contribution is 0.412. The molecule has 0 aliphatic carbocycles. The molecule has 0 bridgehead atoms. The molecule has 0 fully saturated rings. The van der Waals surface area contributed by atoms with Crippen LogP contribution in [0.5, 0.6) is 5.19 Å². The predicted octanol–water partition coefficient (Wildman–Crippen LogP) is 2.48. The van der Waals surface area contributed by atoms with Crippen molar-refractivity contribution in [2.45, 2.75) is 12.8 Å². The van der Waals surface area contributed by atoms with E-state index < -0.39 is 0 Å². The van der Waals surface area contributed by atoms with E-state index in [0.717, 1.165) is 23.4 Å². The van der Waals surface area contributed by atoms with Crippen LogP contribution in [-0.4, -0.2) is 17.4 Å². The van der Waals surface area contributed by atoms with Gasteiger partial charge in [0.05, 0.1) is 7.11 Å². The van der Waals surface area contributed by atoms with Crippen LogP contribution >= 0.6 is 27.3 Å². The number of hydrogen-bond donors (Lipinski definition) is 0. The van der Waals surface area contributed by atoms with Crippen molar-refractivity contribution in [1.29, 1.82) is 0 Å². The van der Waals surface area contributed by atoms with Gasteiger partial charge in [-0.3, -0.25) is 0 Å². The number of thiazole rings is 1. The van der Waals surface area contributed by atoms with E-state index in [0.29, 0.717) is 0 Å². The number of rotatable bonds is 4. The number of ether oxygens (including phenoxy) is 1. The summed E-state index contributed by atoms with van der Waals surface area (Å²) in [7, 11) is 1.65. The Bertz CT molecular complexity index is 214. The third kappa shape index (κ3) is 2.79. The molecule has 1 aromatic rings. The maximum absolute atomic E-state index is 4.97. The van der Waals surface area contributed by atoms with Crippen molar-refractivity contribution >= 4 is 27.3 Å². The molecule has 11 heavy (non-hydrogen) atoms. The van der Waals surface area contributed by atoms with Crippen molar-refractivity contribution < 1.29 is 4.74 Å². The highest BCUT2D eigenvalue weighted by Gasteiger charge is 1.99. The summed E-state index contributed by atoms with van der Waals surface area (Å²) >= 11 is 5.00. The Hall–Kier alpha value is -0.0900. The quantitative estimate of drug-likeness (QED) is 0.749. The molecule has 1 aromatic heterocycles. The van der Waals surface area contributed by atoms with Gasteiger partial charge in [-0.05, 0) is 12.8 Å². The first-order valence-electron chi connectivity index (χ1n) is 3.41. The summed E-state index contributed by atoms with van der Waals surface area (Å²) < 4.78 is 4.97. The molecule has 1 heterocycles. The number of alkyl halides is 1. The van der Waals surface area contributed by atoms with E-state index in [1.807, 2.05) is 6.20 Å². The number of nitrogens with zero attached hydrogens (tertiary/aromatic N) is 1. The molecule has 0 radical (unpaired) electrons. The summed E-state index contributed by atoms with van der Waals surface area (Å²) in [6.45, 7) is 0. The summed E-state index contributed by atoms with van der Waals surface area (Å²) in [5, 5.41) is 1.81. The van der Waals surface area contributed by atoms with Gasteiger partial charge in [-0.1, -0.05) is 27.3 Å². The molecule has 0 spiro atoms. The van der Waals surface area contributed by atoms with E-state index in [4.69, 9.17) is 4.74 Å². The second kappa shape index (κ2) is 4.72. The van der Waals surface area contributed by atoms with Crippen LogP contribution in [0.4, 0.5) is 0 Å². The van der Waals surface area contributed by atoms with Gasteiger partial charge in [0.1, 0.15) is 0 Å². The van der Waals surface area contributed by atoms with Crippen LogP contribution in [0.2, 0.25) is 0 Å². The standard InChI is InChI=1S/C7H10BrNOS/c1-10-7-9-5-6(11-7)3-2-4-8/h5H,2-4H2,1H3. The third-order valence-corrected chi connectivity index (χ3v) is 2.84. The third-order valence-electron chi connectivity index (χ3n) is 1.26. The molecule has 0 amide bonds. The smallest absolute Gasteiger partial charge is 0.273 e. The second-order valence-corrected chi connectivity index (χ2v) is 3.96. The Morgan fingerprint density at radius 1 is 1.73 bits per heavy atom. The van der Waals surface area contributed by atoms with Crippen molar-refractivity contribution in [3.8, 4) is 5.19 Å². The van der Waals surface area contributed by atoms with Crippen molar-refractivity contribution in [3.63, 3.8) is 0 Å². The maximum atomic E-state index is 4.97. The van der Waals surface area contributed by atoms with Crippen LogP contribution in [0, 0.1) is 0 Å². The first-order chi connectivity index (χ1) is 5.36. The van der Waals surface area contributed by atoms with Crippen LogP contribution in [0.15, 0.2) is 6.20 Å². The van der Waals surface area contributed by atoms with Crippen molar-refractivity contribution in [1.82, 2.24) is 4.98 Å². The monoisotopic (exact) mass is 235 g/mol. The first kappa shape index (κ1) is 9.00. The van der Waals surface area contributed by atoms with E-state index in [-0.39, 0.29) is 0 Å². The average molecular weight is 236 g/mol. The highest BCUT2D eigenvalue weighted by atomic mass is 79.9. The fourth-order valence-corrected chi connectivity index (χ4v) is 1.79. The molecule has 0 aliphatic heterocycles. The van der Waals surface area contributed by atoms with Crippen molar-refractivity contribution in [2.75, 3.05) is 12.4 Å². The Kier molecular flexibility index (Phi) is 3.86. The van der Waals surface area contributed by atoms with Gasteiger partial charge < -0.3 is 4.74 Å². The van der Waals surface area contributed by atoms with Gasteiger partial charge in [0.25, 0.3) is 5.19 Å². The van der Waals surface area contributed by atoms with E-state index in [9.17, 15) is 0 Å². The lowest BCUT2D eigenvalue weighted by Crippen LogP contribution is -1.79. The van der Waals surface area contributed by atoms with Gasteiger partial charge in [0.2, 0.25) is 0 Å². The second-order valence-electron chi connectivity index (χ2n) is 2.09. The average Bonchev–Trinajstić information content (AvgIpc) is 2.48. The first-order valence-corrected chi connectivity index (χ1v) is 5.35. The molecule has 2 nitrogen and oxygen atoms in total. The Morgan fingerprint density at radius 3 is 3.09 bits per heavy atom. The topological polar surface area (TPSA) is 22.1 Å². The lowest BCUT2D eigenvalue weighted by Gasteiger charge is -1.90. The normalized spacial score (nSPS) is 10.0. The minimum absolute atomic E-state index is 0.759. The van der Waals surface area contributed by atoms with Gasteiger partial charge in [-0.15, -0.1) is 0 Å². The summed E-state index contributed by atoms with van der Waals surface area (Å²) in [4.78, 5) is 5.36. The van der Waals surface area contributed by atoms with Gasteiger partial charge >= 0.3 is 0 Å². The van der Waals surface area contributed by atoms with Crippen LogP contribution in [-0.2, 0) is 6.42 Å². The zero-order valence-corrected chi connectivity index (χ0v) is 8.74. The molecule has 4 heteroatoms. The Morgan fingerprint density at radius 2 is 2.55 bits per heavy atom. The fraction of sp³-hybridized carbons (Fsp3) is 0.571. The summed E-state index contributed by atoms with van der Waals surface area (Å²) in [6.07, 6.45) is 4.13. The largest absolute Gasteiger partial charge is 0.473 e. The van der Waals surface area contributed by atoms with Crippen LogP contribution in [0.3, 0.4) is 0 Å². The summed E-state index contributed by atoms with van der Waals surface area (Å²) in [5.74, 6) is 0. The molecule has 0 aromatic carbocycles. The minimum atomic E-state index is 0.759. The summed E-state index contributed by atoms with van der Waals surface area (Å²) in [5.41, 5.74) is 0. The molecule has 0 unspecified atom stereocenters. The molecule has 0 atom stereocenters. The van der Waals surface area contributed by atoms with Gasteiger partial charge in [-0.2, -0.15) is 0 Å². The van der Waals surface area contributed by atoms with E-state index in [1.54, 1.807) is 18.4 Å². The van der Waals surface area contributed by atoms with Gasteiger partial charge in [0, 0.05) is 16.4 Å². The zero-order valence-electron chi connectivity index (χ0n) is 6.34. The van der Waals surface area contributed by atoms with E-state index in [2.05, 4.69) is 20.9 Å². The number of methoxy groups -OCH3 is 1. The van der Waals surface area contributed by atoms with Crippen molar-refractivity contribution in [3.05, 3.63) is 11.1 Å². The molecule has 1 rings (SSSR count). The number of halogens is 1. The van der Waals surface area contributed by atoms with Crippen LogP contribution in [0.25, 0.3) is 0 Å². The van der Waals surface area contributed by atoms with Crippen LogP contribution in [0.1, 0.15) is 11.3 Å². The molecule has 0 aliphatic rings. The maximum Gasteiger partial charge on any atom is 0.273 e. The number of hydrogen-bond acceptors (Lipinski definition) is 3. The van der Waals surface area contributed by atoms with E-state index in [1.165, 1.54) is 4.88 Å². The minimum Gasteiger partial charge on any atom is -0.473 e. The SMILES string of the molecule is COc1ncc(CCCBr)s1. The lowest BCUT2D eigenvalue weighted by atomic mass is 10.3. The molecular formula is C7H10BrNOS. The molecule has 62 valence electrons. The highest BCUT2D eigenvalue weighted by molar-refractivity contribution is 9.09. The predicted molar refractivity (Wildman–Crippen MR) is 50.8 cm³/mol. The van der Waals surface area contributed by atoms with Gasteiger partial charge in [0.15, 0.2) is 0 Å². The van der Waals surface area contributed by atoms with Crippen LogP contribution < -0.4 is 4.74 Å².